The lowest BCUT2D eigenvalue weighted by atomic mass is 10.1. The van der Waals surface area contributed by atoms with Gasteiger partial charge in [-0.05, 0) is 24.6 Å². The normalized spacial score (nSPS) is 12.1. The van der Waals surface area contributed by atoms with Gasteiger partial charge in [-0.15, -0.1) is 0 Å². The van der Waals surface area contributed by atoms with Crippen molar-refractivity contribution < 1.29 is 28.2 Å². The zero-order valence-corrected chi connectivity index (χ0v) is 10.3. The fourth-order valence-corrected chi connectivity index (χ4v) is 1.35. The van der Waals surface area contributed by atoms with E-state index in [2.05, 4.69) is 10.1 Å². The van der Waals surface area contributed by atoms with Gasteiger partial charge in [0.2, 0.25) is 0 Å². The van der Waals surface area contributed by atoms with Crippen molar-refractivity contribution in [2.45, 2.75) is 19.6 Å². The molecule has 0 fully saturated rings. The maximum Gasteiger partial charge on any atom is 0.407 e. The monoisotopic (exact) mass is 275 g/mol. The zero-order chi connectivity index (χ0) is 14.3. The second-order valence-electron chi connectivity index (χ2n) is 3.65. The SMILES string of the molecule is CC(OC(=O)NCCO)c1ccc(OC(F)F)cc1. The molecule has 1 atom stereocenters. The number of aliphatic hydroxyl groups is 1. The van der Waals surface area contributed by atoms with E-state index in [9.17, 15) is 13.6 Å². The molecular weight excluding hydrogens is 260 g/mol. The first kappa shape index (κ1) is 15.2. The minimum absolute atomic E-state index is 0.0377. The zero-order valence-electron chi connectivity index (χ0n) is 10.3. The third kappa shape index (κ3) is 5.52. The van der Waals surface area contributed by atoms with Crippen LogP contribution in [0.3, 0.4) is 0 Å². The number of hydrogen-bond donors (Lipinski definition) is 2. The fourth-order valence-electron chi connectivity index (χ4n) is 1.35. The Morgan fingerprint density at radius 3 is 2.53 bits per heavy atom. The molecule has 5 nitrogen and oxygen atoms in total. The summed E-state index contributed by atoms with van der Waals surface area (Å²) in [5, 5.41) is 10.9. The van der Waals surface area contributed by atoms with E-state index in [0.29, 0.717) is 5.56 Å². The van der Waals surface area contributed by atoms with Crippen LogP contribution in [-0.2, 0) is 4.74 Å². The van der Waals surface area contributed by atoms with Crippen molar-refractivity contribution in [2.24, 2.45) is 0 Å². The van der Waals surface area contributed by atoms with Crippen molar-refractivity contribution in [2.75, 3.05) is 13.2 Å². The smallest absolute Gasteiger partial charge is 0.407 e. The van der Waals surface area contributed by atoms with Gasteiger partial charge < -0.3 is 19.9 Å². The van der Waals surface area contributed by atoms with Gasteiger partial charge in [0.05, 0.1) is 6.61 Å². The standard InChI is InChI=1S/C12H15F2NO4/c1-8(18-12(17)15-6-7-16)9-2-4-10(5-3-9)19-11(13)14/h2-5,8,11,16H,6-7H2,1H3,(H,15,17). The summed E-state index contributed by atoms with van der Waals surface area (Å²) in [6.07, 6.45) is -1.20. The van der Waals surface area contributed by atoms with Crippen LogP contribution in [0.25, 0.3) is 0 Å². The van der Waals surface area contributed by atoms with Crippen LogP contribution < -0.4 is 10.1 Å². The summed E-state index contributed by atoms with van der Waals surface area (Å²) in [4.78, 5) is 11.2. The minimum Gasteiger partial charge on any atom is -0.442 e. The van der Waals surface area contributed by atoms with Crippen molar-refractivity contribution >= 4 is 6.09 Å². The lowest BCUT2D eigenvalue weighted by Crippen LogP contribution is -2.27. The third-order valence-electron chi connectivity index (χ3n) is 2.24. The lowest BCUT2D eigenvalue weighted by molar-refractivity contribution is -0.0498. The van der Waals surface area contributed by atoms with Crippen molar-refractivity contribution in [1.82, 2.24) is 5.32 Å². The highest BCUT2D eigenvalue weighted by Crippen LogP contribution is 2.21. The molecule has 0 saturated heterocycles. The Hall–Kier alpha value is -1.89. The van der Waals surface area contributed by atoms with E-state index < -0.39 is 18.8 Å². The van der Waals surface area contributed by atoms with E-state index in [0.717, 1.165) is 0 Å². The molecule has 1 unspecified atom stereocenters. The predicted octanol–water partition coefficient (Wildman–Crippen LogP) is 2.07. The Labute approximate surface area is 109 Å². The Balaban J connectivity index is 2.52. The van der Waals surface area contributed by atoms with Crippen LogP contribution in [0.4, 0.5) is 13.6 Å². The van der Waals surface area contributed by atoms with Crippen molar-refractivity contribution in [3.63, 3.8) is 0 Å². The number of amides is 1. The van der Waals surface area contributed by atoms with Gasteiger partial charge in [0.1, 0.15) is 11.9 Å². The van der Waals surface area contributed by atoms with Gasteiger partial charge in [-0.25, -0.2) is 4.79 Å². The van der Waals surface area contributed by atoms with Crippen molar-refractivity contribution in [3.05, 3.63) is 29.8 Å². The van der Waals surface area contributed by atoms with Gasteiger partial charge in [0.25, 0.3) is 0 Å². The number of hydrogen-bond acceptors (Lipinski definition) is 4. The number of nitrogens with one attached hydrogen (secondary N) is 1. The second-order valence-corrected chi connectivity index (χ2v) is 3.65. The van der Waals surface area contributed by atoms with Crippen molar-refractivity contribution in [3.8, 4) is 5.75 Å². The number of rotatable bonds is 6. The number of ether oxygens (including phenoxy) is 2. The molecule has 0 aromatic heterocycles. The highest BCUT2D eigenvalue weighted by Gasteiger charge is 2.11. The van der Waals surface area contributed by atoms with E-state index in [1.165, 1.54) is 24.3 Å². The van der Waals surface area contributed by atoms with Crippen LogP contribution in [-0.4, -0.2) is 31.0 Å². The molecule has 1 rings (SSSR count). The molecule has 7 heteroatoms. The topological polar surface area (TPSA) is 67.8 Å². The quantitative estimate of drug-likeness (QED) is 0.834. The summed E-state index contributed by atoms with van der Waals surface area (Å²) in [6.45, 7) is -1.30. The second kappa shape index (κ2) is 7.52. The number of aliphatic hydroxyl groups excluding tert-OH is 1. The summed E-state index contributed by atoms with van der Waals surface area (Å²) in [7, 11) is 0. The van der Waals surface area contributed by atoms with Crippen LogP contribution in [0.15, 0.2) is 24.3 Å². The maximum absolute atomic E-state index is 11.9. The first-order valence-electron chi connectivity index (χ1n) is 5.63. The Morgan fingerprint density at radius 2 is 2.00 bits per heavy atom. The number of benzene rings is 1. The summed E-state index contributed by atoms with van der Waals surface area (Å²) >= 11 is 0. The van der Waals surface area contributed by atoms with Crippen LogP contribution in [0.5, 0.6) is 5.75 Å². The molecule has 2 N–H and O–H groups in total. The molecular formula is C12H15F2NO4. The molecule has 106 valence electrons. The highest BCUT2D eigenvalue weighted by atomic mass is 19.3. The molecule has 1 aromatic rings. The minimum atomic E-state index is -2.87. The molecule has 0 spiro atoms. The average molecular weight is 275 g/mol. The number of halogens is 2. The van der Waals surface area contributed by atoms with Crippen LogP contribution in [0, 0.1) is 0 Å². The van der Waals surface area contributed by atoms with Crippen LogP contribution >= 0.6 is 0 Å². The first-order chi connectivity index (χ1) is 9.02. The largest absolute Gasteiger partial charge is 0.442 e. The van der Waals surface area contributed by atoms with Gasteiger partial charge >= 0.3 is 12.7 Å². The Kier molecular flexibility index (Phi) is 6.01. The van der Waals surface area contributed by atoms with E-state index in [1.807, 2.05) is 0 Å². The number of alkyl carbamates (subject to hydrolysis) is 1. The summed E-state index contributed by atoms with van der Waals surface area (Å²) in [5.41, 5.74) is 0.640. The van der Waals surface area contributed by atoms with E-state index in [-0.39, 0.29) is 18.9 Å². The highest BCUT2D eigenvalue weighted by molar-refractivity contribution is 5.67. The average Bonchev–Trinajstić information content (AvgIpc) is 2.36. The van der Waals surface area contributed by atoms with E-state index >= 15 is 0 Å². The Bertz CT molecular complexity index is 397. The summed E-state index contributed by atoms with van der Waals surface area (Å²) < 4.78 is 33.1. The predicted molar refractivity (Wildman–Crippen MR) is 63.1 cm³/mol. The van der Waals surface area contributed by atoms with Gasteiger partial charge in [0.15, 0.2) is 0 Å². The third-order valence-corrected chi connectivity index (χ3v) is 2.24. The van der Waals surface area contributed by atoms with E-state index in [1.54, 1.807) is 6.92 Å². The number of carbonyl (C=O) groups is 1. The molecule has 19 heavy (non-hydrogen) atoms. The molecule has 0 aliphatic heterocycles. The van der Waals surface area contributed by atoms with Crippen LogP contribution in [0.2, 0.25) is 0 Å². The van der Waals surface area contributed by atoms with Gasteiger partial charge in [-0.3, -0.25) is 0 Å². The summed E-state index contributed by atoms with van der Waals surface area (Å²) in [5.74, 6) is 0.0377. The van der Waals surface area contributed by atoms with Gasteiger partial charge in [0, 0.05) is 6.54 Å². The molecule has 0 saturated carbocycles. The van der Waals surface area contributed by atoms with Gasteiger partial charge in [-0.1, -0.05) is 12.1 Å². The number of alkyl halides is 2. The molecule has 0 aliphatic carbocycles. The van der Waals surface area contributed by atoms with Crippen LogP contribution in [0.1, 0.15) is 18.6 Å². The van der Waals surface area contributed by atoms with Gasteiger partial charge in [-0.2, -0.15) is 8.78 Å². The number of carbonyl (C=O) groups excluding carboxylic acids is 1. The molecule has 1 aromatic carbocycles. The molecule has 0 radical (unpaired) electrons. The van der Waals surface area contributed by atoms with E-state index in [4.69, 9.17) is 9.84 Å². The molecule has 0 bridgehead atoms. The molecule has 0 aliphatic rings. The fraction of sp³-hybridized carbons (Fsp3) is 0.417. The lowest BCUT2D eigenvalue weighted by Gasteiger charge is -2.14. The van der Waals surface area contributed by atoms with Crippen molar-refractivity contribution in [1.29, 1.82) is 0 Å². The summed E-state index contributed by atoms with van der Waals surface area (Å²) in [6, 6.07) is 5.80. The maximum atomic E-state index is 11.9. The first-order valence-corrected chi connectivity index (χ1v) is 5.63. The molecule has 0 heterocycles. The molecule has 1 amide bonds. The Morgan fingerprint density at radius 1 is 1.37 bits per heavy atom.